The fourth-order valence-electron chi connectivity index (χ4n) is 1.45. The van der Waals surface area contributed by atoms with Gasteiger partial charge in [-0.15, -0.1) is 0 Å². The van der Waals surface area contributed by atoms with Gasteiger partial charge >= 0.3 is 0 Å². The van der Waals surface area contributed by atoms with Crippen LogP contribution in [0.15, 0.2) is 5.16 Å². The molecule has 1 aliphatic rings. The minimum Gasteiger partial charge on any atom is -0.409 e. The van der Waals surface area contributed by atoms with Crippen LogP contribution in [0.3, 0.4) is 0 Å². The lowest BCUT2D eigenvalue weighted by atomic mass is 10.1. The van der Waals surface area contributed by atoms with Gasteiger partial charge in [0.05, 0.1) is 6.61 Å². The van der Waals surface area contributed by atoms with Crippen LogP contribution in [0.25, 0.3) is 0 Å². The van der Waals surface area contributed by atoms with Gasteiger partial charge in [-0.1, -0.05) is 12.1 Å². The number of oxime groups is 1. The Kier molecular flexibility index (Phi) is 4.69. The van der Waals surface area contributed by atoms with Gasteiger partial charge in [0, 0.05) is 25.1 Å². The van der Waals surface area contributed by atoms with Crippen LogP contribution >= 0.6 is 0 Å². The smallest absolute Gasteiger partial charge is 0.143 e. The van der Waals surface area contributed by atoms with Gasteiger partial charge in [-0.3, -0.25) is 0 Å². The van der Waals surface area contributed by atoms with E-state index in [1.54, 1.807) is 0 Å². The maximum Gasteiger partial charge on any atom is 0.143 e. The lowest BCUT2D eigenvalue weighted by Gasteiger charge is -2.24. The van der Waals surface area contributed by atoms with Crippen LogP contribution in [0.2, 0.25) is 0 Å². The molecule has 2 unspecified atom stereocenters. The molecule has 0 aromatic rings. The first-order valence-corrected chi connectivity index (χ1v) is 5.02. The topological polar surface area (TPSA) is 79.9 Å². The Morgan fingerprint density at radius 3 is 3.14 bits per heavy atom. The van der Waals surface area contributed by atoms with Crippen LogP contribution in [-0.2, 0) is 4.74 Å². The van der Waals surface area contributed by atoms with Crippen LogP contribution in [-0.4, -0.2) is 36.8 Å². The molecule has 1 rings (SSSR count). The molecule has 0 amide bonds. The zero-order chi connectivity index (χ0) is 10.4. The first-order chi connectivity index (χ1) is 6.74. The Balaban J connectivity index is 2.18. The van der Waals surface area contributed by atoms with Gasteiger partial charge in [0.2, 0.25) is 0 Å². The zero-order valence-electron chi connectivity index (χ0n) is 8.57. The second-order valence-corrected chi connectivity index (χ2v) is 3.75. The van der Waals surface area contributed by atoms with Crippen molar-refractivity contribution in [2.24, 2.45) is 16.8 Å². The van der Waals surface area contributed by atoms with Crippen molar-refractivity contribution in [3.8, 4) is 0 Å². The molecule has 82 valence electrons. The Morgan fingerprint density at radius 2 is 2.57 bits per heavy atom. The Labute approximate surface area is 84.3 Å². The molecule has 0 radical (unpaired) electrons. The summed E-state index contributed by atoms with van der Waals surface area (Å²) in [5.74, 6) is 0.330. The summed E-state index contributed by atoms with van der Waals surface area (Å²) in [6, 6.07) is 0.415. The van der Waals surface area contributed by atoms with Gasteiger partial charge < -0.3 is 21.0 Å². The number of nitrogens with zero attached hydrogens (tertiary/aromatic N) is 1. The van der Waals surface area contributed by atoms with Crippen LogP contribution in [0.4, 0.5) is 0 Å². The summed E-state index contributed by atoms with van der Waals surface area (Å²) in [4.78, 5) is 0. The van der Waals surface area contributed by atoms with E-state index in [0.717, 1.165) is 32.6 Å². The van der Waals surface area contributed by atoms with Crippen molar-refractivity contribution in [3.63, 3.8) is 0 Å². The number of nitrogens with one attached hydrogen (secondary N) is 1. The molecule has 1 aliphatic heterocycles. The van der Waals surface area contributed by atoms with Crippen molar-refractivity contribution in [1.29, 1.82) is 0 Å². The van der Waals surface area contributed by atoms with E-state index < -0.39 is 0 Å². The van der Waals surface area contributed by atoms with E-state index in [-0.39, 0.29) is 11.8 Å². The first-order valence-electron chi connectivity index (χ1n) is 5.02. The van der Waals surface area contributed by atoms with Crippen LogP contribution < -0.4 is 11.1 Å². The van der Waals surface area contributed by atoms with Crippen LogP contribution in [0.1, 0.15) is 19.8 Å². The molecular weight excluding hydrogens is 182 g/mol. The molecule has 5 nitrogen and oxygen atoms in total. The number of ether oxygens (including phenoxy) is 1. The highest BCUT2D eigenvalue weighted by Crippen LogP contribution is 2.06. The van der Waals surface area contributed by atoms with E-state index in [4.69, 9.17) is 15.7 Å². The standard InChI is InChI=1S/C9H19N3O2/c1-7(9(10)12-13)5-11-8-3-2-4-14-6-8/h7-8,11,13H,2-6H2,1H3,(H2,10,12). The van der Waals surface area contributed by atoms with Gasteiger partial charge in [-0.05, 0) is 12.8 Å². The van der Waals surface area contributed by atoms with Crippen LogP contribution in [0.5, 0.6) is 0 Å². The summed E-state index contributed by atoms with van der Waals surface area (Å²) in [6.45, 7) is 4.28. The van der Waals surface area contributed by atoms with Crippen molar-refractivity contribution in [2.45, 2.75) is 25.8 Å². The first kappa shape index (κ1) is 11.3. The highest BCUT2D eigenvalue weighted by atomic mass is 16.5. The molecule has 0 bridgehead atoms. The number of amidine groups is 1. The molecule has 1 heterocycles. The highest BCUT2D eigenvalue weighted by molar-refractivity contribution is 5.82. The van der Waals surface area contributed by atoms with Crippen molar-refractivity contribution in [1.82, 2.24) is 5.32 Å². The van der Waals surface area contributed by atoms with E-state index in [0.29, 0.717) is 6.04 Å². The fraction of sp³-hybridized carbons (Fsp3) is 0.889. The molecule has 0 aliphatic carbocycles. The third-order valence-electron chi connectivity index (χ3n) is 2.49. The Morgan fingerprint density at radius 1 is 1.79 bits per heavy atom. The van der Waals surface area contributed by atoms with Gasteiger partial charge in [0.1, 0.15) is 5.84 Å². The molecule has 1 saturated heterocycles. The summed E-state index contributed by atoms with van der Waals surface area (Å²) in [6.07, 6.45) is 2.25. The molecule has 2 atom stereocenters. The predicted octanol–water partition coefficient (Wildman–Crippen LogP) is 0.138. The summed E-state index contributed by atoms with van der Waals surface area (Å²) in [5.41, 5.74) is 5.46. The van der Waals surface area contributed by atoms with E-state index in [1.807, 2.05) is 6.92 Å². The maximum atomic E-state index is 8.45. The Bertz CT molecular complexity index is 190. The molecular formula is C9H19N3O2. The SMILES string of the molecule is CC(CNC1CCCOC1)C(N)=NO. The number of hydrogen-bond donors (Lipinski definition) is 3. The zero-order valence-corrected chi connectivity index (χ0v) is 8.57. The summed E-state index contributed by atoms with van der Waals surface area (Å²) in [7, 11) is 0. The highest BCUT2D eigenvalue weighted by Gasteiger charge is 2.15. The van der Waals surface area contributed by atoms with Gasteiger partial charge in [0.25, 0.3) is 0 Å². The third-order valence-corrected chi connectivity index (χ3v) is 2.49. The molecule has 4 N–H and O–H groups in total. The Hall–Kier alpha value is -0.810. The normalized spacial score (nSPS) is 26.1. The molecule has 14 heavy (non-hydrogen) atoms. The van der Waals surface area contributed by atoms with Crippen molar-refractivity contribution < 1.29 is 9.94 Å². The summed E-state index contributed by atoms with van der Waals surface area (Å²) in [5, 5.41) is 14.8. The largest absolute Gasteiger partial charge is 0.409 e. The van der Waals surface area contributed by atoms with Gasteiger partial charge in [-0.2, -0.15) is 0 Å². The van der Waals surface area contributed by atoms with E-state index in [2.05, 4.69) is 10.5 Å². The molecule has 5 heteroatoms. The second-order valence-electron chi connectivity index (χ2n) is 3.75. The number of nitrogens with two attached hydrogens (primary N) is 1. The summed E-state index contributed by atoms with van der Waals surface area (Å²) >= 11 is 0. The van der Waals surface area contributed by atoms with Crippen molar-refractivity contribution in [2.75, 3.05) is 19.8 Å². The molecule has 0 spiro atoms. The van der Waals surface area contributed by atoms with Crippen molar-refractivity contribution in [3.05, 3.63) is 0 Å². The lowest BCUT2D eigenvalue weighted by molar-refractivity contribution is 0.0700. The third kappa shape index (κ3) is 3.51. The average molecular weight is 201 g/mol. The number of rotatable bonds is 4. The van der Waals surface area contributed by atoms with E-state index in [9.17, 15) is 0 Å². The fourth-order valence-corrected chi connectivity index (χ4v) is 1.45. The predicted molar refractivity (Wildman–Crippen MR) is 54.4 cm³/mol. The quantitative estimate of drug-likeness (QED) is 0.261. The van der Waals surface area contributed by atoms with Gasteiger partial charge in [0.15, 0.2) is 0 Å². The summed E-state index contributed by atoms with van der Waals surface area (Å²) < 4.78 is 5.33. The number of hydrogen-bond acceptors (Lipinski definition) is 4. The minimum absolute atomic E-state index is 0.0573. The van der Waals surface area contributed by atoms with E-state index in [1.165, 1.54) is 0 Å². The van der Waals surface area contributed by atoms with Crippen LogP contribution in [0, 0.1) is 5.92 Å². The molecule has 0 saturated carbocycles. The average Bonchev–Trinajstić information content (AvgIpc) is 2.26. The molecule has 1 fully saturated rings. The molecule has 0 aromatic carbocycles. The maximum absolute atomic E-state index is 8.45. The van der Waals surface area contributed by atoms with Gasteiger partial charge in [-0.25, -0.2) is 0 Å². The monoisotopic (exact) mass is 201 g/mol. The minimum atomic E-state index is 0.0573. The second kappa shape index (κ2) is 5.82. The molecule has 0 aromatic heterocycles. The van der Waals surface area contributed by atoms with E-state index >= 15 is 0 Å². The lowest BCUT2D eigenvalue weighted by Crippen LogP contribution is -2.41. The van der Waals surface area contributed by atoms with Crippen molar-refractivity contribution >= 4 is 5.84 Å².